The van der Waals surface area contributed by atoms with Gasteiger partial charge in [-0.3, -0.25) is 4.55 Å². The first-order valence-electron chi connectivity index (χ1n) is 5.57. The number of benzene rings is 1. The van der Waals surface area contributed by atoms with Crippen LogP contribution < -0.4 is 0 Å². The highest BCUT2D eigenvalue weighted by molar-refractivity contribution is 14.1. The maximum absolute atomic E-state index is 12.3. The zero-order valence-corrected chi connectivity index (χ0v) is 20.7. The van der Waals surface area contributed by atoms with E-state index < -0.39 is 34.4 Å². The second-order valence-corrected chi connectivity index (χ2v) is 9.81. The highest BCUT2D eigenvalue weighted by Crippen LogP contribution is 2.33. The van der Waals surface area contributed by atoms with Gasteiger partial charge in [-0.25, -0.2) is 9.59 Å². The Bertz CT molecular complexity index is 760. The highest BCUT2D eigenvalue weighted by Gasteiger charge is 2.29. The van der Waals surface area contributed by atoms with Crippen molar-refractivity contribution in [1.82, 2.24) is 0 Å². The number of methoxy groups -OCH3 is 1. The fraction of sp³-hybridized carbons (Fsp3) is 0.273. The van der Waals surface area contributed by atoms with Gasteiger partial charge in [0.25, 0.3) is 10.1 Å². The first-order valence-corrected chi connectivity index (χ1v) is 11.5. The zero-order valence-electron chi connectivity index (χ0n) is 11.2. The van der Waals surface area contributed by atoms with Crippen molar-refractivity contribution in [1.29, 1.82) is 0 Å². The van der Waals surface area contributed by atoms with Crippen molar-refractivity contribution < 1.29 is 32.0 Å². The van der Waals surface area contributed by atoms with Crippen molar-refractivity contribution in [2.24, 2.45) is 0 Å². The second-order valence-electron chi connectivity index (χ2n) is 3.92. The number of carbonyl (C=O) groups is 2. The molecule has 0 spiro atoms. The molecular weight excluding hydrogens is 784 g/mol. The second kappa shape index (κ2) is 9.08. The van der Waals surface area contributed by atoms with Gasteiger partial charge in [0.1, 0.15) is 12.4 Å². The zero-order chi connectivity index (χ0) is 17.9. The van der Waals surface area contributed by atoms with Crippen LogP contribution in [0.4, 0.5) is 0 Å². The summed E-state index contributed by atoms with van der Waals surface area (Å²) in [5.41, 5.74) is 0.0844. The Hall–Kier alpha value is 0.990. The van der Waals surface area contributed by atoms with Gasteiger partial charge in [-0.1, -0.05) is 0 Å². The largest absolute Gasteiger partial charge is 0.465 e. The Kier molecular flexibility index (Phi) is 8.70. The molecule has 0 bridgehead atoms. The molecule has 0 saturated heterocycles. The Morgan fingerprint density at radius 3 is 1.78 bits per heavy atom. The van der Waals surface area contributed by atoms with Gasteiger partial charge in [-0.2, -0.15) is 8.42 Å². The molecule has 0 unspecified atom stereocenters. The lowest BCUT2D eigenvalue weighted by molar-refractivity contribution is 0.0503. The van der Waals surface area contributed by atoms with Gasteiger partial charge >= 0.3 is 11.9 Å². The minimum absolute atomic E-state index is 0.0157. The fourth-order valence-electron chi connectivity index (χ4n) is 1.43. The quantitative estimate of drug-likeness (QED) is 0.161. The summed E-state index contributed by atoms with van der Waals surface area (Å²) >= 11 is 7.95. The molecule has 0 radical (unpaired) electrons. The standard InChI is InChI=1S/C11H8I4O7S/c1-21-10(16)4-5(7(13)9(15)8(14)6(4)12)11(17)22-2-3-23(18,19)20/h2-3H2,1H3,(H,18,19,20). The molecule has 1 aromatic rings. The van der Waals surface area contributed by atoms with Crippen molar-refractivity contribution in [2.45, 2.75) is 0 Å². The van der Waals surface area contributed by atoms with E-state index in [2.05, 4.69) is 22.6 Å². The molecule has 0 aromatic heterocycles. The van der Waals surface area contributed by atoms with Crippen LogP contribution in [0.2, 0.25) is 0 Å². The van der Waals surface area contributed by atoms with Crippen LogP contribution in [-0.2, 0) is 19.6 Å². The van der Waals surface area contributed by atoms with Gasteiger partial charge in [0.2, 0.25) is 0 Å². The molecule has 23 heavy (non-hydrogen) atoms. The molecule has 1 N–H and O–H groups in total. The first kappa shape index (κ1) is 22.0. The number of ether oxygens (including phenoxy) is 2. The number of halogens is 4. The summed E-state index contributed by atoms with van der Waals surface area (Å²) in [5.74, 6) is -2.27. The van der Waals surface area contributed by atoms with Gasteiger partial charge in [0, 0.05) is 14.3 Å². The Morgan fingerprint density at radius 1 is 0.957 bits per heavy atom. The van der Waals surface area contributed by atoms with Gasteiger partial charge in [0.05, 0.1) is 18.2 Å². The van der Waals surface area contributed by atoms with Crippen LogP contribution in [-0.4, -0.2) is 44.4 Å². The maximum Gasteiger partial charge on any atom is 0.340 e. The molecule has 1 rings (SSSR count). The van der Waals surface area contributed by atoms with Crippen molar-refractivity contribution in [3.8, 4) is 0 Å². The van der Waals surface area contributed by atoms with Crippen molar-refractivity contribution in [3.05, 3.63) is 25.4 Å². The molecule has 0 atom stereocenters. The van der Waals surface area contributed by atoms with E-state index in [4.69, 9.17) is 14.0 Å². The van der Waals surface area contributed by atoms with Gasteiger partial charge in [0.15, 0.2) is 0 Å². The summed E-state index contributed by atoms with van der Waals surface area (Å²) in [5, 5.41) is 0. The molecule has 0 aliphatic rings. The van der Waals surface area contributed by atoms with Crippen molar-refractivity contribution in [2.75, 3.05) is 19.5 Å². The minimum Gasteiger partial charge on any atom is -0.465 e. The SMILES string of the molecule is COC(=O)c1c(I)c(I)c(I)c(I)c1C(=O)OCCS(=O)(=O)O. The molecule has 0 saturated carbocycles. The summed E-state index contributed by atoms with van der Waals surface area (Å²) in [6.07, 6.45) is 0. The first-order chi connectivity index (χ1) is 10.5. The summed E-state index contributed by atoms with van der Waals surface area (Å²) < 4.78 is 42.2. The van der Waals surface area contributed by atoms with Gasteiger partial charge in [-0.15, -0.1) is 0 Å². The van der Waals surface area contributed by atoms with E-state index in [1.807, 2.05) is 67.8 Å². The predicted molar refractivity (Wildman–Crippen MR) is 115 cm³/mol. The molecule has 12 heteroatoms. The van der Waals surface area contributed by atoms with Crippen LogP contribution in [0.5, 0.6) is 0 Å². The molecule has 7 nitrogen and oxygen atoms in total. The third kappa shape index (κ3) is 5.74. The molecule has 0 fully saturated rings. The monoisotopic (exact) mass is 792 g/mol. The number of hydrogen-bond donors (Lipinski definition) is 1. The fourth-order valence-corrected chi connectivity index (χ4v) is 5.35. The molecule has 0 heterocycles. The molecule has 0 aliphatic heterocycles. The van der Waals surface area contributed by atoms with Crippen LogP contribution in [0.1, 0.15) is 20.7 Å². The van der Waals surface area contributed by atoms with Crippen LogP contribution in [0.25, 0.3) is 0 Å². The van der Waals surface area contributed by atoms with E-state index in [1.54, 1.807) is 0 Å². The maximum atomic E-state index is 12.3. The van der Waals surface area contributed by atoms with Crippen LogP contribution in [0.3, 0.4) is 0 Å². The van der Waals surface area contributed by atoms with E-state index in [0.29, 0.717) is 7.14 Å². The minimum atomic E-state index is -4.24. The lowest BCUT2D eigenvalue weighted by Gasteiger charge is -2.15. The van der Waals surface area contributed by atoms with Crippen molar-refractivity contribution >= 4 is 112 Å². The summed E-state index contributed by atoms with van der Waals surface area (Å²) in [6.45, 7) is -0.520. The molecule has 0 amide bonds. The van der Waals surface area contributed by atoms with E-state index in [0.717, 1.165) is 7.14 Å². The average molecular weight is 792 g/mol. The summed E-state index contributed by atoms with van der Waals surface area (Å²) in [4.78, 5) is 24.3. The molecular formula is C11H8I4O7S. The topological polar surface area (TPSA) is 107 Å². The third-order valence-electron chi connectivity index (χ3n) is 2.44. The Morgan fingerprint density at radius 2 is 1.39 bits per heavy atom. The molecule has 0 aliphatic carbocycles. The van der Waals surface area contributed by atoms with Gasteiger partial charge in [-0.05, 0) is 90.4 Å². The number of rotatable bonds is 5. The lowest BCUT2D eigenvalue weighted by Crippen LogP contribution is -2.21. The third-order valence-corrected chi connectivity index (χ3v) is 10.5. The van der Waals surface area contributed by atoms with Crippen LogP contribution in [0.15, 0.2) is 0 Å². The number of hydrogen-bond acceptors (Lipinski definition) is 6. The normalized spacial score (nSPS) is 11.2. The van der Waals surface area contributed by atoms with Crippen LogP contribution in [0, 0.1) is 14.3 Å². The van der Waals surface area contributed by atoms with E-state index >= 15 is 0 Å². The van der Waals surface area contributed by atoms with E-state index in [1.165, 1.54) is 7.11 Å². The number of esters is 2. The number of carbonyl (C=O) groups excluding carboxylic acids is 2. The summed E-state index contributed by atoms with van der Waals surface area (Å²) in [6, 6.07) is 0. The van der Waals surface area contributed by atoms with Gasteiger partial charge < -0.3 is 9.47 Å². The van der Waals surface area contributed by atoms with E-state index in [-0.39, 0.29) is 11.1 Å². The average Bonchev–Trinajstić information content (AvgIpc) is 2.46. The molecule has 1 aromatic carbocycles. The van der Waals surface area contributed by atoms with E-state index in [9.17, 15) is 18.0 Å². The highest BCUT2D eigenvalue weighted by atomic mass is 127. The smallest absolute Gasteiger partial charge is 0.340 e. The van der Waals surface area contributed by atoms with Crippen molar-refractivity contribution in [3.63, 3.8) is 0 Å². The molecule has 128 valence electrons. The lowest BCUT2D eigenvalue weighted by atomic mass is 10.1. The Labute approximate surface area is 186 Å². The Balaban J connectivity index is 3.33. The predicted octanol–water partition coefficient (Wildman–Crippen LogP) is 2.94. The summed E-state index contributed by atoms with van der Waals surface area (Å²) in [7, 11) is -3.04. The van der Waals surface area contributed by atoms with Crippen LogP contribution >= 0.6 is 90.4 Å².